The Morgan fingerprint density at radius 1 is 1.17 bits per heavy atom. The zero-order valence-corrected chi connectivity index (χ0v) is 14.5. The van der Waals surface area contributed by atoms with Crippen molar-refractivity contribution in [2.75, 3.05) is 31.2 Å². The first-order valence-corrected chi connectivity index (χ1v) is 9.94. The van der Waals surface area contributed by atoms with Crippen LogP contribution in [0.25, 0.3) is 0 Å². The summed E-state index contributed by atoms with van der Waals surface area (Å²) < 4.78 is 38.7. The number of carbonyl (C=O) groups is 1. The predicted octanol–water partition coefficient (Wildman–Crippen LogP) is 2.25. The minimum Gasteiger partial charge on any atom is -0.323 e. The van der Waals surface area contributed by atoms with Gasteiger partial charge in [-0.2, -0.15) is 4.31 Å². The summed E-state index contributed by atoms with van der Waals surface area (Å²) in [6.07, 6.45) is 4.38. The largest absolute Gasteiger partial charge is 0.323 e. The maximum Gasteiger partial charge on any atom is 0.321 e. The van der Waals surface area contributed by atoms with Crippen molar-refractivity contribution in [2.24, 2.45) is 0 Å². The van der Waals surface area contributed by atoms with Crippen molar-refractivity contribution in [1.82, 2.24) is 9.21 Å². The highest BCUT2D eigenvalue weighted by Crippen LogP contribution is 2.38. The molecule has 0 bridgehead atoms. The first-order chi connectivity index (χ1) is 11.3. The number of carbonyl (C=O) groups excluding carboxylic acids is 1. The third-order valence-corrected chi connectivity index (χ3v) is 6.24. The highest BCUT2D eigenvalue weighted by molar-refractivity contribution is 7.88. The molecule has 2 fully saturated rings. The minimum atomic E-state index is -3.29. The molecule has 0 radical (unpaired) electrons. The van der Waals surface area contributed by atoms with E-state index in [1.807, 2.05) is 0 Å². The lowest BCUT2D eigenvalue weighted by molar-refractivity contribution is 0.109. The highest BCUT2D eigenvalue weighted by atomic mass is 32.2. The molecule has 2 aliphatic heterocycles. The first-order valence-electron chi connectivity index (χ1n) is 8.10. The van der Waals surface area contributed by atoms with Crippen LogP contribution in [0.2, 0.25) is 0 Å². The minimum absolute atomic E-state index is 0.277. The van der Waals surface area contributed by atoms with Crippen molar-refractivity contribution in [3.63, 3.8) is 0 Å². The summed E-state index contributed by atoms with van der Waals surface area (Å²) in [6.45, 7) is 1.51. The number of rotatable bonds is 2. The second kappa shape index (κ2) is 6.33. The van der Waals surface area contributed by atoms with Crippen molar-refractivity contribution in [2.45, 2.75) is 31.2 Å². The number of urea groups is 1. The maximum atomic E-state index is 12.9. The number of nitrogens with one attached hydrogen (secondary N) is 1. The van der Waals surface area contributed by atoms with Gasteiger partial charge in [0, 0.05) is 25.3 Å². The van der Waals surface area contributed by atoms with Crippen LogP contribution in [0.15, 0.2) is 24.3 Å². The number of piperidine rings is 1. The number of hydrogen-bond acceptors (Lipinski definition) is 3. The molecule has 2 saturated heterocycles. The maximum absolute atomic E-state index is 12.9. The van der Waals surface area contributed by atoms with E-state index < -0.39 is 15.6 Å². The van der Waals surface area contributed by atoms with Gasteiger partial charge in [-0.05, 0) is 49.9 Å². The lowest BCUT2D eigenvalue weighted by Gasteiger charge is -2.44. The molecule has 1 aromatic carbocycles. The summed E-state index contributed by atoms with van der Waals surface area (Å²) in [5, 5.41) is 2.75. The summed E-state index contributed by atoms with van der Waals surface area (Å²) in [5.41, 5.74) is 0.0406. The van der Waals surface area contributed by atoms with Crippen molar-refractivity contribution < 1.29 is 17.6 Å². The average Bonchev–Trinajstić information content (AvgIpc) is 2.92. The Labute approximate surface area is 141 Å². The lowest BCUT2D eigenvalue weighted by Crippen LogP contribution is -2.58. The third kappa shape index (κ3) is 3.39. The number of halogens is 1. The van der Waals surface area contributed by atoms with Crippen LogP contribution < -0.4 is 5.32 Å². The van der Waals surface area contributed by atoms with E-state index in [1.165, 1.54) is 30.5 Å². The molecular formula is C16H22FN3O3S. The quantitative estimate of drug-likeness (QED) is 0.885. The normalized spacial score (nSPS) is 25.2. The number of anilines is 1. The molecular weight excluding hydrogens is 333 g/mol. The number of sulfonamides is 1. The molecule has 1 atom stereocenters. The van der Waals surface area contributed by atoms with E-state index >= 15 is 0 Å². The van der Waals surface area contributed by atoms with Crippen LogP contribution in [0.5, 0.6) is 0 Å². The van der Waals surface area contributed by atoms with Crippen LogP contribution in [0.4, 0.5) is 14.9 Å². The van der Waals surface area contributed by atoms with Gasteiger partial charge < -0.3 is 10.2 Å². The molecule has 24 heavy (non-hydrogen) atoms. The predicted molar refractivity (Wildman–Crippen MR) is 89.7 cm³/mol. The van der Waals surface area contributed by atoms with Crippen LogP contribution in [0.3, 0.4) is 0 Å². The van der Waals surface area contributed by atoms with Gasteiger partial charge in [0.15, 0.2) is 0 Å². The molecule has 0 aromatic heterocycles. The van der Waals surface area contributed by atoms with Crippen LogP contribution in [-0.2, 0) is 10.0 Å². The number of likely N-dealkylation sites (tertiary alicyclic amines) is 1. The summed E-state index contributed by atoms with van der Waals surface area (Å²) in [7, 11) is -3.29. The Hall–Kier alpha value is -1.67. The van der Waals surface area contributed by atoms with Gasteiger partial charge in [0.25, 0.3) is 0 Å². The number of nitrogens with zero attached hydrogens (tertiary/aromatic N) is 2. The molecule has 3 rings (SSSR count). The Morgan fingerprint density at radius 3 is 2.42 bits per heavy atom. The van der Waals surface area contributed by atoms with E-state index in [0.717, 1.165) is 25.7 Å². The zero-order chi connectivity index (χ0) is 17.4. The fraction of sp³-hybridized carbons (Fsp3) is 0.562. The molecule has 0 aliphatic carbocycles. The molecule has 8 heteroatoms. The summed E-state index contributed by atoms with van der Waals surface area (Å²) in [6, 6.07) is 5.31. The molecule has 2 aliphatic rings. The number of hydrogen-bond donors (Lipinski definition) is 1. The monoisotopic (exact) mass is 355 g/mol. The fourth-order valence-electron chi connectivity index (χ4n) is 3.86. The van der Waals surface area contributed by atoms with Gasteiger partial charge in [-0.25, -0.2) is 17.6 Å². The molecule has 2 amide bonds. The topological polar surface area (TPSA) is 69.7 Å². The van der Waals surface area contributed by atoms with E-state index in [4.69, 9.17) is 0 Å². The number of amides is 2. The Morgan fingerprint density at radius 2 is 1.79 bits per heavy atom. The van der Waals surface area contributed by atoms with Crippen LogP contribution in [0, 0.1) is 5.82 Å². The van der Waals surface area contributed by atoms with Gasteiger partial charge >= 0.3 is 6.03 Å². The molecule has 1 unspecified atom stereocenters. The van der Waals surface area contributed by atoms with Crippen molar-refractivity contribution in [3.8, 4) is 0 Å². The SMILES string of the molecule is CS(=O)(=O)N1CCCC12CCCN(C(=O)Nc1ccc(F)cc1)C2. The Balaban J connectivity index is 1.73. The van der Waals surface area contributed by atoms with Gasteiger partial charge in [-0.15, -0.1) is 0 Å². The molecule has 6 nitrogen and oxygen atoms in total. The van der Waals surface area contributed by atoms with Gasteiger partial charge in [0.05, 0.1) is 11.8 Å². The van der Waals surface area contributed by atoms with E-state index in [9.17, 15) is 17.6 Å². The van der Waals surface area contributed by atoms with E-state index in [1.54, 1.807) is 9.21 Å². The summed E-state index contributed by atoms with van der Waals surface area (Å²) in [5.74, 6) is -0.361. The van der Waals surface area contributed by atoms with E-state index in [0.29, 0.717) is 25.3 Å². The molecule has 132 valence electrons. The van der Waals surface area contributed by atoms with E-state index in [2.05, 4.69) is 5.32 Å². The van der Waals surface area contributed by atoms with Crippen LogP contribution >= 0.6 is 0 Å². The van der Waals surface area contributed by atoms with Crippen molar-refractivity contribution in [1.29, 1.82) is 0 Å². The zero-order valence-electron chi connectivity index (χ0n) is 13.7. The first kappa shape index (κ1) is 17.2. The Kier molecular flexibility index (Phi) is 4.52. The van der Waals surface area contributed by atoms with Crippen molar-refractivity contribution in [3.05, 3.63) is 30.1 Å². The number of benzene rings is 1. The van der Waals surface area contributed by atoms with Gasteiger partial charge in [0.2, 0.25) is 10.0 Å². The Bertz CT molecular complexity index is 723. The standard InChI is InChI=1S/C16H22FN3O3S/c1-24(22,23)20-11-3-9-16(20)8-2-10-19(12-16)15(21)18-14-6-4-13(17)5-7-14/h4-7H,2-3,8-12H2,1H3,(H,18,21). The fourth-order valence-corrected chi connectivity index (χ4v) is 5.26. The van der Waals surface area contributed by atoms with E-state index in [-0.39, 0.29) is 11.8 Å². The average molecular weight is 355 g/mol. The molecule has 2 heterocycles. The van der Waals surface area contributed by atoms with Crippen molar-refractivity contribution >= 4 is 21.7 Å². The molecule has 1 aromatic rings. The molecule has 1 spiro atoms. The second-order valence-corrected chi connectivity index (χ2v) is 8.53. The van der Waals surface area contributed by atoms with Gasteiger partial charge in [0.1, 0.15) is 5.82 Å². The highest BCUT2D eigenvalue weighted by Gasteiger charge is 2.48. The van der Waals surface area contributed by atoms with Gasteiger partial charge in [-0.3, -0.25) is 0 Å². The molecule has 1 N–H and O–H groups in total. The summed E-state index contributed by atoms with van der Waals surface area (Å²) in [4.78, 5) is 14.2. The molecule has 0 saturated carbocycles. The van der Waals surface area contributed by atoms with Gasteiger partial charge in [-0.1, -0.05) is 0 Å². The lowest BCUT2D eigenvalue weighted by atomic mass is 9.88. The second-order valence-electron chi connectivity index (χ2n) is 6.63. The van der Waals surface area contributed by atoms with Crippen LogP contribution in [0.1, 0.15) is 25.7 Å². The van der Waals surface area contributed by atoms with Crippen LogP contribution in [-0.4, -0.2) is 55.1 Å². The third-order valence-electron chi connectivity index (χ3n) is 4.87. The smallest absolute Gasteiger partial charge is 0.321 e. The summed E-state index contributed by atoms with van der Waals surface area (Å²) >= 11 is 0.